The molecule has 12 heavy (non-hydrogen) atoms. The van der Waals surface area contributed by atoms with Gasteiger partial charge in [-0.15, -0.1) is 0 Å². The van der Waals surface area contributed by atoms with Crippen LogP contribution in [0, 0.1) is 22.7 Å². The van der Waals surface area contributed by atoms with Gasteiger partial charge in [-0.05, 0) is 0 Å². The van der Waals surface area contributed by atoms with Crippen LogP contribution < -0.4 is 0 Å². The summed E-state index contributed by atoms with van der Waals surface area (Å²) in [5, 5.41) is 34.0. The van der Waals surface area contributed by atoms with Crippen LogP contribution >= 0.6 is 0 Å². The SMILES string of the molecule is N#CC(C#N)=C1C(=O)C(O)=C1O. The number of nitriles is 2. The smallest absolute Gasteiger partial charge is 0.237 e. The molecule has 0 aromatic heterocycles. The number of rotatable bonds is 0. The van der Waals surface area contributed by atoms with Gasteiger partial charge >= 0.3 is 0 Å². The highest BCUT2D eigenvalue weighted by Crippen LogP contribution is 2.28. The van der Waals surface area contributed by atoms with Crippen molar-refractivity contribution in [2.75, 3.05) is 0 Å². The fraction of sp³-hybridized carbons (Fsp3) is 0. The zero-order valence-electron chi connectivity index (χ0n) is 5.70. The molecule has 5 nitrogen and oxygen atoms in total. The summed E-state index contributed by atoms with van der Waals surface area (Å²) in [6, 6.07) is 2.85. The van der Waals surface area contributed by atoms with Crippen molar-refractivity contribution >= 4 is 5.78 Å². The van der Waals surface area contributed by atoms with Crippen LogP contribution in [0.25, 0.3) is 0 Å². The Morgan fingerprint density at radius 3 is 2.00 bits per heavy atom. The first kappa shape index (κ1) is 7.83. The number of hydrogen-bond acceptors (Lipinski definition) is 5. The van der Waals surface area contributed by atoms with Crippen LogP contribution in [0.15, 0.2) is 22.7 Å². The van der Waals surface area contributed by atoms with E-state index < -0.39 is 28.4 Å². The van der Waals surface area contributed by atoms with Crippen LogP contribution in [0.1, 0.15) is 0 Å². The minimum atomic E-state index is -0.870. The lowest BCUT2D eigenvalue weighted by Crippen LogP contribution is -2.23. The maximum Gasteiger partial charge on any atom is 0.237 e. The number of ketones is 1. The molecule has 0 aromatic rings. The fourth-order valence-corrected chi connectivity index (χ4v) is 0.758. The van der Waals surface area contributed by atoms with E-state index in [-0.39, 0.29) is 0 Å². The molecule has 0 saturated carbocycles. The number of allylic oxidation sites excluding steroid dienone is 3. The highest BCUT2D eigenvalue weighted by atomic mass is 16.3. The van der Waals surface area contributed by atoms with Gasteiger partial charge < -0.3 is 10.2 Å². The van der Waals surface area contributed by atoms with E-state index in [0.717, 1.165) is 0 Å². The Morgan fingerprint density at radius 1 is 1.17 bits per heavy atom. The van der Waals surface area contributed by atoms with E-state index in [0.29, 0.717) is 0 Å². The monoisotopic (exact) mass is 162 g/mol. The molecule has 0 unspecified atom stereocenters. The van der Waals surface area contributed by atoms with Crippen molar-refractivity contribution in [1.29, 1.82) is 10.5 Å². The first-order chi connectivity index (χ1) is 5.63. The van der Waals surface area contributed by atoms with E-state index in [1.165, 1.54) is 12.1 Å². The van der Waals surface area contributed by atoms with Gasteiger partial charge in [0.05, 0.1) is 0 Å². The maximum absolute atomic E-state index is 10.7. The lowest BCUT2D eigenvalue weighted by atomic mass is 9.92. The number of Topliss-reactive ketones (excluding diaryl/α,β-unsaturated/α-hetero) is 1. The van der Waals surface area contributed by atoms with Crippen molar-refractivity contribution in [3.8, 4) is 12.1 Å². The lowest BCUT2D eigenvalue weighted by molar-refractivity contribution is -0.116. The number of aliphatic hydroxyl groups excluding tert-OH is 2. The Morgan fingerprint density at radius 2 is 1.67 bits per heavy atom. The Hall–Kier alpha value is -2.27. The molecular weight excluding hydrogens is 160 g/mol. The Bertz CT molecular complexity index is 387. The van der Waals surface area contributed by atoms with Crippen LogP contribution in [0.5, 0.6) is 0 Å². The number of hydrogen-bond donors (Lipinski definition) is 2. The van der Waals surface area contributed by atoms with Gasteiger partial charge in [0.15, 0.2) is 5.76 Å². The van der Waals surface area contributed by atoms with Gasteiger partial charge in [0, 0.05) is 0 Å². The standard InChI is InChI=1S/C7H2N2O3/c8-1-3(2-9)4-5(10)7(12)6(4)11/h10,12H. The molecule has 1 rings (SSSR count). The fourth-order valence-electron chi connectivity index (χ4n) is 0.758. The van der Waals surface area contributed by atoms with Gasteiger partial charge in [0.25, 0.3) is 0 Å². The van der Waals surface area contributed by atoms with Gasteiger partial charge in [-0.2, -0.15) is 10.5 Å². The van der Waals surface area contributed by atoms with Crippen LogP contribution in [0.3, 0.4) is 0 Å². The van der Waals surface area contributed by atoms with Crippen molar-refractivity contribution in [1.82, 2.24) is 0 Å². The van der Waals surface area contributed by atoms with Crippen LogP contribution in [0.4, 0.5) is 0 Å². The molecule has 1 aliphatic rings. The van der Waals surface area contributed by atoms with Crippen LogP contribution in [-0.2, 0) is 4.79 Å². The Balaban J connectivity index is 3.32. The van der Waals surface area contributed by atoms with E-state index in [1.807, 2.05) is 0 Å². The lowest BCUT2D eigenvalue weighted by Gasteiger charge is -2.14. The highest BCUT2D eigenvalue weighted by molar-refractivity contribution is 6.18. The summed E-state index contributed by atoms with van der Waals surface area (Å²) in [6.45, 7) is 0. The summed E-state index contributed by atoms with van der Waals surface area (Å²) < 4.78 is 0. The zero-order valence-corrected chi connectivity index (χ0v) is 5.70. The van der Waals surface area contributed by atoms with E-state index in [4.69, 9.17) is 20.7 Å². The van der Waals surface area contributed by atoms with Gasteiger partial charge in [-0.1, -0.05) is 0 Å². The van der Waals surface area contributed by atoms with E-state index in [2.05, 4.69) is 0 Å². The third kappa shape index (κ3) is 0.741. The molecule has 1 aliphatic carbocycles. The van der Waals surface area contributed by atoms with Gasteiger partial charge in [0.2, 0.25) is 11.5 Å². The summed E-state index contributed by atoms with van der Waals surface area (Å²) in [5.74, 6) is -2.35. The van der Waals surface area contributed by atoms with Crippen molar-refractivity contribution in [3.63, 3.8) is 0 Å². The van der Waals surface area contributed by atoms with Gasteiger partial charge in [-0.3, -0.25) is 4.79 Å². The van der Waals surface area contributed by atoms with Gasteiger partial charge in [-0.25, -0.2) is 0 Å². The second-order valence-corrected chi connectivity index (χ2v) is 2.00. The number of aliphatic hydroxyl groups is 2. The molecule has 0 radical (unpaired) electrons. The van der Waals surface area contributed by atoms with Crippen molar-refractivity contribution < 1.29 is 15.0 Å². The summed E-state index contributed by atoms with van der Waals surface area (Å²) >= 11 is 0. The molecule has 0 heterocycles. The maximum atomic E-state index is 10.7. The molecule has 0 amide bonds. The third-order valence-electron chi connectivity index (χ3n) is 1.38. The summed E-state index contributed by atoms with van der Waals surface area (Å²) in [5.41, 5.74) is -0.896. The molecule has 0 saturated heterocycles. The predicted octanol–water partition coefficient (Wildman–Crippen LogP) is 0.240. The van der Waals surface area contributed by atoms with Crippen molar-refractivity contribution in [2.45, 2.75) is 0 Å². The number of nitrogens with zero attached hydrogens (tertiary/aromatic N) is 2. The first-order valence-electron chi connectivity index (χ1n) is 2.85. The minimum absolute atomic E-state index is 0.405. The molecular formula is C7H2N2O3. The first-order valence-corrected chi connectivity index (χ1v) is 2.85. The molecule has 0 aromatic carbocycles. The normalized spacial score (nSPS) is 14.8. The second kappa shape index (κ2) is 2.40. The Kier molecular flexibility index (Phi) is 1.57. The molecule has 0 bridgehead atoms. The van der Waals surface area contributed by atoms with Crippen LogP contribution in [-0.4, -0.2) is 16.0 Å². The Labute approximate surface area is 67.1 Å². The van der Waals surface area contributed by atoms with Gasteiger partial charge in [0.1, 0.15) is 23.3 Å². The predicted molar refractivity (Wildman–Crippen MR) is 35.5 cm³/mol. The zero-order chi connectivity index (χ0) is 9.30. The highest BCUT2D eigenvalue weighted by Gasteiger charge is 2.36. The summed E-state index contributed by atoms with van der Waals surface area (Å²) in [4.78, 5) is 10.7. The minimum Gasteiger partial charge on any atom is -0.504 e. The van der Waals surface area contributed by atoms with E-state index in [9.17, 15) is 4.79 Å². The average Bonchev–Trinajstić information content (AvgIpc) is 2.12. The molecule has 5 heteroatoms. The largest absolute Gasteiger partial charge is 0.504 e. The number of carbonyl (C=O) groups is 1. The average molecular weight is 162 g/mol. The third-order valence-corrected chi connectivity index (χ3v) is 1.38. The topological polar surface area (TPSA) is 105 Å². The van der Waals surface area contributed by atoms with Crippen molar-refractivity contribution in [3.05, 3.63) is 22.7 Å². The molecule has 0 spiro atoms. The molecule has 2 N–H and O–H groups in total. The van der Waals surface area contributed by atoms with E-state index in [1.54, 1.807) is 0 Å². The molecule has 58 valence electrons. The summed E-state index contributed by atoms with van der Waals surface area (Å²) in [7, 11) is 0. The molecule has 0 fully saturated rings. The molecule has 0 atom stereocenters. The second-order valence-electron chi connectivity index (χ2n) is 2.00. The van der Waals surface area contributed by atoms with E-state index >= 15 is 0 Å². The van der Waals surface area contributed by atoms with Crippen LogP contribution in [0.2, 0.25) is 0 Å². The summed E-state index contributed by atoms with van der Waals surface area (Å²) in [6.07, 6.45) is 0. The number of carbonyl (C=O) groups excluding carboxylic acids is 1. The quantitative estimate of drug-likeness (QED) is 0.392. The van der Waals surface area contributed by atoms with Crippen molar-refractivity contribution in [2.24, 2.45) is 0 Å². The molecule has 0 aliphatic heterocycles.